The number of aromatic amines is 1. The maximum absolute atomic E-state index is 12.5. The van der Waals surface area contributed by atoms with Gasteiger partial charge >= 0.3 is 5.69 Å². The second-order valence-corrected chi connectivity index (χ2v) is 5.84. The predicted molar refractivity (Wildman–Crippen MR) is 97.5 cm³/mol. The molecule has 0 bridgehead atoms. The summed E-state index contributed by atoms with van der Waals surface area (Å²) in [6.07, 6.45) is 3.62. The van der Waals surface area contributed by atoms with Crippen LogP contribution in [-0.4, -0.2) is 25.9 Å². The Morgan fingerprint density at radius 3 is 2.65 bits per heavy atom. The van der Waals surface area contributed by atoms with Crippen LogP contribution in [0.25, 0.3) is 23.3 Å². The summed E-state index contributed by atoms with van der Waals surface area (Å²) in [5.41, 5.74) is 0.919. The minimum absolute atomic E-state index is 0.227. The second kappa shape index (κ2) is 6.21. The molecule has 1 aliphatic heterocycles. The van der Waals surface area contributed by atoms with Gasteiger partial charge in [0, 0.05) is 13.1 Å². The summed E-state index contributed by atoms with van der Waals surface area (Å²) in [4.78, 5) is 32.3. The van der Waals surface area contributed by atoms with Crippen molar-refractivity contribution in [3.63, 3.8) is 0 Å². The summed E-state index contributed by atoms with van der Waals surface area (Å²) in [7, 11) is 0. The normalized spacial score (nSPS) is 13.2. The highest BCUT2D eigenvalue weighted by Crippen LogP contribution is 2.32. The molecule has 26 heavy (non-hydrogen) atoms. The van der Waals surface area contributed by atoms with E-state index < -0.39 is 0 Å². The van der Waals surface area contributed by atoms with Crippen molar-refractivity contribution in [3.8, 4) is 11.5 Å². The first-order chi connectivity index (χ1) is 12.6. The lowest BCUT2D eigenvalue weighted by molar-refractivity contribution is 0.174. The quantitative estimate of drug-likeness (QED) is 0.772. The van der Waals surface area contributed by atoms with E-state index in [-0.39, 0.29) is 18.0 Å². The number of aromatic nitrogens is 4. The van der Waals surface area contributed by atoms with Gasteiger partial charge in [-0.1, -0.05) is 12.1 Å². The molecule has 0 aliphatic carbocycles. The van der Waals surface area contributed by atoms with Gasteiger partial charge < -0.3 is 14.5 Å². The maximum atomic E-state index is 12.5. The molecule has 0 atom stereocenters. The Bertz CT molecular complexity index is 1140. The van der Waals surface area contributed by atoms with Crippen LogP contribution in [0.4, 0.5) is 0 Å². The number of imidazole rings is 1. The zero-order valence-electron chi connectivity index (χ0n) is 14.5. The Kier molecular flexibility index (Phi) is 3.87. The summed E-state index contributed by atoms with van der Waals surface area (Å²) in [5, 5.41) is 0. The van der Waals surface area contributed by atoms with Crippen LogP contribution in [0.3, 0.4) is 0 Å². The smallest absolute Gasteiger partial charge is 0.332 e. The highest BCUT2D eigenvalue weighted by molar-refractivity contribution is 5.76. The molecule has 0 spiro atoms. The Morgan fingerprint density at radius 1 is 1.12 bits per heavy atom. The van der Waals surface area contributed by atoms with E-state index in [0.717, 1.165) is 11.3 Å². The molecular weight excluding hydrogens is 336 g/mol. The van der Waals surface area contributed by atoms with Gasteiger partial charge in [0.05, 0.1) is 0 Å². The highest BCUT2D eigenvalue weighted by Gasteiger charge is 2.15. The fraction of sp³-hybridized carbons (Fsp3) is 0.278. The van der Waals surface area contributed by atoms with Gasteiger partial charge in [0.25, 0.3) is 5.56 Å². The lowest BCUT2D eigenvalue weighted by atomic mass is 10.2. The molecular formula is C18H18N4O4. The van der Waals surface area contributed by atoms with Crippen LogP contribution in [0.15, 0.2) is 27.8 Å². The first-order valence-corrected chi connectivity index (χ1v) is 8.43. The van der Waals surface area contributed by atoms with Crippen molar-refractivity contribution in [1.82, 2.24) is 19.1 Å². The number of nitrogens with one attached hydrogen (secondary N) is 1. The molecule has 2 aromatic heterocycles. The SMILES string of the molecule is CCn1c(=O)c2[nH]c(C=Cc3ccc4c(c3)OCO4)nc2n(CC)c1=O. The van der Waals surface area contributed by atoms with Crippen molar-refractivity contribution in [2.75, 3.05) is 6.79 Å². The van der Waals surface area contributed by atoms with E-state index in [1.165, 1.54) is 9.13 Å². The Hall–Kier alpha value is -3.29. The third-order valence-corrected chi connectivity index (χ3v) is 4.34. The van der Waals surface area contributed by atoms with E-state index in [4.69, 9.17) is 9.47 Å². The first-order valence-electron chi connectivity index (χ1n) is 8.43. The Labute approximate surface area is 148 Å². The number of fused-ring (bicyclic) bond motifs is 2. The minimum Gasteiger partial charge on any atom is -0.454 e. The molecule has 8 heteroatoms. The Morgan fingerprint density at radius 2 is 1.88 bits per heavy atom. The number of ether oxygens (including phenoxy) is 2. The van der Waals surface area contributed by atoms with Gasteiger partial charge in [-0.05, 0) is 37.6 Å². The van der Waals surface area contributed by atoms with Gasteiger partial charge in [-0.25, -0.2) is 9.78 Å². The number of aryl methyl sites for hydroxylation is 1. The molecule has 0 fully saturated rings. The molecule has 3 aromatic rings. The molecule has 3 heterocycles. The van der Waals surface area contributed by atoms with Crippen molar-refractivity contribution < 1.29 is 9.47 Å². The average Bonchev–Trinajstić information content (AvgIpc) is 3.27. The molecule has 0 unspecified atom stereocenters. The van der Waals surface area contributed by atoms with E-state index in [1.54, 1.807) is 13.0 Å². The summed E-state index contributed by atoms with van der Waals surface area (Å²) in [5.74, 6) is 1.92. The van der Waals surface area contributed by atoms with Crippen molar-refractivity contribution in [3.05, 3.63) is 50.4 Å². The zero-order valence-corrected chi connectivity index (χ0v) is 14.5. The zero-order chi connectivity index (χ0) is 18.3. The lowest BCUT2D eigenvalue weighted by Crippen LogP contribution is -2.39. The number of nitrogens with zero attached hydrogens (tertiary/aromatic N) is 3. The van der Waals surface area contributed by atoms with Crippen LogP contribution in [-0.2, 0) is 13.1 Å². The van der Waals surface area contributed by atoms with Gasteiger partial charge in [0.15, 0.2) is 17.1 Å². The van der Waals surface area contributed by atoms with Gasteiger partial charge in [0.1, 0.15) is 11.3 Å². The molecule has 1 aliphatic rings. The minimum atomic E-state index is -0.354. The molecule has 0 amide bonds. The van der Waals surface area contributed by atoms with Gasteiger partial charge in [-0.15, -0.1) is 0 Å². The number of hydrogen-bond acceptors (Lipinski definition) is 5. The fourth-order valence-electron chi connectivity index (χ4n) is 3.02. The fourth-order valence-corrected chi connectivity index (χ4v) is 3.02. The lowest BCUT2D eigenvalue weighted by Gasteiger charge is -2.06. The number of hydrogen-bond donors (Lipinski definition) is 1. The van der Waals surface area contributed by atoms with Gasteiger partial charge in [-0.3, -0.25) is 13.9 Å². The van der Waals surface area contributed by atoms with Crippen molar-refractivity contribution in [2.45, 2.75) is 26.9 Å². The summed E-state index contributed by atoms with van der Waals surface area (Å²) < 4.78 is 13.4. The summed E-state index contributed by atoms with van der Waals surface area (Å²) in [6, 6.07) is 5.61. The Balaban J connectivity index is 1.77. The highest BCUT2D eigenvalue weighted by atomic mass is 16.7. The second-order valence-electron chi connectivity index (χ2n) is 5.84. The topological polar surface area (TPSA) is 91.1 Å². The van der Waals surface area contributed by atoms with E-state index in [0.29, 0.717) is 35.8 Å². The van der Waals surface area contributed by atoms with Crippen LogP contribution in [0.5, 0.6) is 11.5 Å². The first kappa shape index (κ1) is 16.2. The number of benzene rings is 1. The van der Waals surface area contributed by atoms with E-state index in [9.17, 15) is 9.59 Å². The molecule has 0 radical (unpaired) electrons. The predicted octanol–water partition coefficient (Wildman–Crippen LogP) is 1.83. The van der Waals surface area contributed by atoms with Crippen molar-refractivity contribution >= 4 is 23.3 Å². The van der Waals surface area contributed by atoms with Crippen LogP contribution in [0.1, 0.15) is 25.2 Å². The third kappa shape index (κ3) is 2.50. The van der Waals surface area contributed by atoms with Crippen molar-refractivity contribution in [1.29, 1.82) is 0 Å². The molecule has 0 saturated heterocycles. The molecule has 134 valence electrons. The van der Waals surface area contributed by atoms with Crippen LogP contribution < -0.4 is 20.7 Å². The molecule has 1 aromatic carbocycles. The summed E-state index contributed by atoms with van der Waals surface area (Å²) >= 11 is 0. The van der Waals surface area contributed by atoms with Crippen LogP contribution in [0, 0.1) is 0 Å². The molecule has 8 nitrogen and oxygen atoms in total. The molecule has 0 saturated carbocycles. The largest absolute Gasteiger partial charge is 0.454 e. The maximum Gasteiger partial charge on any atom is 0.332 e. The third-order valence-electron chi connectivity index (χ3n) is 4.34. The molecule has 4 rings (SSSR count). The summed E-state index contributed by atoms with van der Waals surface area (Å²) in [6.45, 7) is 4.60. The van der Waals surface area contributed by atoms with Gasteiger partial charge in [0.2, 0.25) is 6.79 Å². The van der Waals surface area contributed by atoms with E-state index in [2.05, 4.69) is 9.97 Å². The molecule has 1 N–H and O–H groups in total. The number of rotatable bonds is 4. The monoisotopic (exact) mass is 354 g/mol. The van der Waals surface area contributed by atoms with Crippen LogP contribution in [0.2, 0.25) is 0 Å². The average molecular weight is 354 g/mol. The number of H-pyrrole nitrogens is 1. The van der Waals surface area contributed by atoms with Crippen LogP contribution >= 0.6 is 0 Å². The van der Waals surface area contributed by atoms with E-state index in [1.807, 2.05) is 31.2 Å². The van der Waals surface area contributed by atoms with E-state index >= 15 is 0 Å². The van der Waals surface area contributed by atoms with Gasteiger partial charge in [-0.2, -0.15) is 0 Å². The van der Waals surface area contributed by atoms with Crippen molar-refractivity contribution in [2.24, 2.45) is 0 Å². The standard InChI is InChI=1S/C18H18N4O4/c1-3-21-16-15(17(23)22(4-2)18(21)24)19-14(20-16)8-6-11-5-7-12-13(9-11)26-10-25-12/h5-9H,3-4,10H2,1-2H3,(H,19,20).